The van der Waals surface area contributed by atoms with E-state index in [1.54, 1.807) is 0 Å². The van der Waals surface area contributed by atoms with Crippen molar-refractivity contribution in [3.8, 4) is 0 Å². The number of hydrogen-bond donors (Lipinski definition) is 1. The molecule has 2 rings (SSSR count). The third-order valence-electron chi connectivity index (χ3n) is 3.31. The zero-order valence-electron chi connectivity index (χ0n) is 10.4. The van der Waals surface area contributed by atoms with Crippen molar-refractivity contribution in [1.82, 2.24) is 25.5 Å². The Hall–Kier alpha value is -0.970. The van der Waals surface area contributed by atoms with Gasteiger partial charge in [0.05, 0.1) is 12.1 Å². The van der Waals surface area contributed by atoms with Gasteiger partial charge in [-0.1, -0.05) is 13.8 Å². The maximum atomic E-state index is 4.12. The second kappa shape index (κ2) is 4.49. The average molecular weight is 223 g/mol. The van der Waals surface area contributed by atoms with Crippen molar-refractivity contribution in [2.24, 2.45) is 5.92 Å². The van der Waals surface area contributed by atoms with Crippen LogP contribution in [-0.2, 0) is 12.1 Å². The fourth-order valence-electron chi connectivity index (χ4n) is 2.11. The summed E-state index contributed by atoms with van der Waals surface area (Å²) >= 11 is 0. The fraction of sp³-hybridized carbons (Fsp3) is 0.909. The van der Waals surface area contributed by atoms with Gasteiger partial charge in [0.1, 0.15) is 0 Å². The smallest absolute Gasteiger partial charge is 0.165 e. The van der Waals surface area contributed by atoms with E-state index >= 15 is 0 Å². The van der Waals surface area contributed by atoms with Crippen molar-refractivity contribution in [2.75, 3.05) is 6.54 Å². The van der Waals surface area contributed by atoms with E-state index in [2.05, 4.69) is 41.6 Å². The lowest BCUT2D eigenvalue weighted by Gasteiger charge is -2.38. The van der Waals surface area contributed by atoms with Crippen molar-refractivity contribution >= 4 is 0 Å². The summed E-state index contributed by atoms with van der Waals surface area (Å²) in [7, 11) is 0. The predicted octanol–water partition coefficient (Wildman–Crippen LogP) is 1.32. The molecule has 0 unspecified atom stereocenters. The molecule has 1 aromatic rings. The summed E-state index contributed by atoms with van der Waals surface area (Å²) in [6.45, 7) is 8.40. The maximum Gasteiger partial charge on any atom is 0.165 e. The van der Waals surface area contributed by atoms with Gasteiger partial charge in [0.15, 0.2) is 5.82 Å². The minimum atomic E-state index is 0.165. The molecule has 1 saturated carbocycles. The lowest BCUT2D eigenvalue weighted by molar-refractivity contribution is 0.140. The highest BCUT2D eigenvalue weighted by Crippen LogP contribution is 2.38. The van der Waals surface area contributed by atoms with Crippen molar-refractivity contribution in [3.63, 3.8) is 0 Å². The molecule has 1 aliphatic carbocycles. The van der Waals surface area contributed by atoms with Gasteiger partial charge >= 0.3 is 0 Å². The number of aromatic nitrogens is 4. The first-order valence-electron chi connectivity index (χ1n) is 6.10. The van der Waals surface area contributed by atoms with Crippen LogP contribution < -0.4 is 5.32 Å². The van der Waals surface area contributed by atoms with Gasteiger partial charge in [0.2, 0.25) is 0 Å². The number of nitrogens with one attached hydrogen (secondary N) is 1. The number of rotatable bonds is 5. The minimum Gasteiger partial charge on any atom is -0.310 e. The molecule has 5 nitrogen and oxygen atoms in total. The lowest BCUT2D eigenvalue weighted by Crippen LogP contribution is -2.40. The van der Waals surface area contributed by atoms with Gasteiger partial charge in [0.25, 0.3) is 0 Å². The second-order valence-electron chi connectivity index (χ2n) is 5.38. The molecule has 1 aromatic heterocycles. The summed E-state index contributed by atoms with van der Waals surface area (Å²) in [4.78, 5) is 0. The third-order valence-corrected chi connectivity index (χ3v) is 3.31. The van der Waals surface area contributed by atoms with Crippen LogP contribution >= 0.6 is 0 Å². The largest absolute Gasteiger partial charge is 0.310 e. The minimum absolute atomic E-state index is 0.165. The van der Waals surface area contributed by atoms with Crippen molar-refractivity contribution in [3.05, 3.63) is 5.82 Å². The molecule has 5 heteroatoms. The fourth-order valence-corrected chi connectivity index (χ4v) is 2.11. The normalized spacial score (nSPS) is 18.8. The van der Waals surface area contributed by atoms with E-state index in [9.17, 15) is 0 Å². The first-order chi connectivity index (χ1) is 7.62. The quantitative estimate of drug-likeness (QED) is 0.818. The Morgan fingerprint density at radius 1 is 1.44 bits per heavy atom. The molecule has 1 heterocycles. The molecule has 0 atom stereocenters. The van der Waals surface area contributed by atoms with Gasteiger partial charge in [-0.25, -0.2) is 4.68 Å². The molecule has 90 valence electrons. The van der Waals surface area contributed by atoms with Crippen LogP contribution in [0.1, 0.15) is 45.9 Å². The van der Waals surface area contributed by atoms with E-state index in [4.69, 9.17) is 0 Å². The topological polar surface area (TPSA) is 55.6 Å². The molecule has 1 aliphatic rings. The Bertz CT molecular complexity index is 340. The Labute approximate surface area is 96.6 Å². The molecule has 1 N–H and O–H groups in total. The van der Waals surface area contributed by atoms with Gasteiger partial charge in [-0.15, -0.1) is 5.10 Å². The SMILES string of the molecule is CC(C)CNCc1nnnn1C1(C)CCC1. The molecule has 0 saturated heterocycles. The zero-order chi connectivity index (χ0) is 11.6. The summed E-state index contributed by atoms with van der Waals surface area (Å²) in [6, 6.07) is 0. The van der Waals surface area contributed by atoms with Gasteiger partial charge < -0.3 is 5.32 Å². The van der Waals surface area contributed by atoms with Gasteiger partial charge in [-0.05, 0) is 49.1 Å². The highest BCUT2D eigenvalue weighted by atomic mass is 15.6. The van der Waals surface area contributed by atoms with E-state index in [0.29, 0.717) is 5.92 Å². The molecular weight excluding hydrogens is 202 g/mol. The van der Waals surface area contributed by atoms with Crippen LogP contribution in [-0.4, -0.2) is 26.8 Å². The number of hydrogen-bond acceptors (Lipinski definition) is 4. The first-order valence-corrected chi connectivity index (χ1v) is 6.10. The van der Waals surface area contributed by atoms with Crippen LogP contribution in [0, 0.1) is 5.92 Å². The van der Waals surface area contributed by atoms with Gasteiger partial charge in [-0.2, -0.15) is 0 Å². The standard InChI is InChI=1S/C11H21N5/c1-9(2)7-12-8-10-13-14-15-16(10)11(3)5-4-6-11/h9,12H,4-8H2,1-3H3. The Balaban J connectivity index is 1.97. The number of tetrazole rings is 1. The summed E-state index contributed by atoms with van der Waals surface area (Å²) in [5.41, 5.74) is 0.165. The molecule has 0 aliphatic heterocycles. The molecule has 0 bridgehead atoms. The lowest BCUT2D eigenvalue weighted by atomic mass is 9.78. The molecule has 0 amide bonds. The van der Waals surface area contributed by atoms with Crippen LogP contribution in [0.2, 0.25) is 0 Å². The zero-order valence-corrected chi connectivity index (χ0v) is 10.4. The molecule has 0 aromatic carbocycles. The molecule has 16 heavy (non-hydrogen) atoms. The van der Waals surface area contributed by atoms with Crippen LogP contribution in [0.3, 0.4) is 0 Å². The Morgan fingerprint density at radius 2 is 2.19 bits per heavy atom. The van der Waals surface area contributed by atoms with Crippen molar-refractivity contribution in [2.45, 2.75) is 52.1 Å². The van der Waals surface area contributed by atoms with Crippen LogP contribution in [0.25, 0.3) is 0 Å². The monoisotopic (exact) mass is 223 g/mol. The van der Waals surface area contributed by atoms with E-state index < -0.39 is 0 Å². The van der Waals surface area contributed by atoms with E-state index in [0.717, 1.165) is 18.9 Å². The number of nitrogens with zero attached hydrogens (tertiary/aromatic N) is 4. The van der Waals surface area contributed by atoms with Crippen molar-refractivity contribution in [1.29, 1.82) is 0 Å². The summed E-state index contributed by atoms with van der Waals surface area (Å²) in [5, 5.41) is 15.4. The third kappa shape index (κ3) is 2.24. The van der Waals surface area contributed by atoms with E-state index in [1.807, 2.05) is 4.68 Å². The molecule has 0 spiro atoms. The highest BCUT2D eigenvalue weighted by molar-refractivity contribution is 4.95. The summed E-state index contributed by atoms with van der Waals surface area (Å²) in [6.07, 6.45) is 3.67. The Kier molecular flexibility index (Phi) is 3.23. The van der Waals surface area contributed by atoms with Crippen LogP contribution in [0.15, 0.2) is 0 Å². The summed E-state index contributed by atoms with van der Waals surface area (Å²) < 4.78 is 2.00. The van der Waals surface area contributed by atoms with Crippen LogP contribution in [0.5, 0.6) is 0 Å². The molecule has 0 radical (unpaired) electrons. The van der Waals surface area contributed by atoms with E-state index in [1.165, 1.54) is 19.3 Å². The average Bonchev–Trinajstić information content (AvgIpc) is 2.62. The molecule has 1 fully saturated rings. The first kappa shape index (κ1) is 11.5. The predicted molar refractivity (Wildman–Crippen MR) is 61.9 cm³/mol. The second-order valence-corrected chi connectivity index (χ2v) is 5.38. The van der Waals surface area contributed by atoms with Gasteiger partial charge in [-0.3, -0.25) is 0 Å². The highest BCUT2D eigenvalue weighted by Gasteiger charge is 2.36. The van der Waals surface area contributed by atoms with E-state index in [-0.39, 0.29) is 5.54 Å². The summed E-state index contributed by atoms with van der Waals surface area (Å²) in [5.74, 6) is 1.62. The van der Waals surface area contributed by atoms with Crippen molar-refractivity contribution < 1.29 is 0 Å². The van der Waals surface area contributed by atoms with Crippen LogP contribution in [0.4, 0.5) is 0 Å². The maximum absolute atomic E-state index is 4.12. The van der Waals surface area contributed by atoms with Gasteiger partial charge in [0, 0.05) is 0 Å². The Morgan fingerprint density at radius 3 is 2.75 bits per heavy atom. The molecular formula is C11H21N5.